The molecule has 2 nitrogen and oxygen atoms in total. The third-order valence-electron chi connectivity index (χ3n) is 2.17. The molecule has 2 bridgehead atoms. The first-order valence-electron chi connectivity index (χ1n) is 3.17. The highest BCUT2D eigenvalue weighted by Gasteiger charge is 2.34. The van der Waals surface area contributed by atoms with Gasteiger partial charge in [-0.2, -0.15) is 0 Å². The number of piperazine rings is 1. The Hall–Kier alpha value is -0.0800. The Bertz CT molecular complexity index is 101. The van der Waals surface area contributed by atoms with Crippen molar-refractivity contribution in [3.8, 4) is 0 Å². The highest BCUT2D eigenvalue weighted by Crippen LogP contribution is 2.21. The normalized spacial score (nSPS) is 46.1. The van der Waals surface area contributed by atoms with Crippen LogP contribution in [0, 0.1) is 7.05 Å². The second-order valence-corrected chi connectivity index (χ2v) is 2.77. The van der Waals surface area contributed by atoms with E-state index in [1.165, 1.54) is 6.42 Å². The summed E-state index contributed by atoms with van der Waals surface area (Å²) in [5, 5.41) is 3.40. The van der Waals surface area contributed by atoms with E-state index in [4.69, 9.17) is 0 Å². The van der Waals surface area contributed by atoms with Crippen LogP contribution in [-0.4, -0.2) is 30.1 Å². The molecule has 45 valence electrons. The summed E-state index contributed by atoms with van der Waals surface area (Å²) in [6, 6.07) is 1.51. The Kier molecular flexibility index (Phi) is 0.866. The van der Waals surface area contributed by atoms with Crippen molar-refractivity contribution in [3.05, 3.63) is 7.05 Å². The summed E-state index contributed by atoms with van der Waals surface area (Å²) >= 11 is 0. The van der Waals surface area contributed by atoms with E-state index in [1.54, 1.807) is 0 Å². The Balaban J connectivity index is 2.11. The summed E-state index contributed by atoms with van der Waals surface area (Å²) < 4.78 is 0. The average molecular weight is 111 g/mol. The molecule has 8 heavy (non-hydrogen) atoms. The minimum absolute atomic E-state index is 0.750. The quantitative estimate of drug-likeness (QED) is 0.466. The lowest BCUT2D eigenvalue weighted by molar-refractivity contribution is 0.305. The number of hydrogen-bond acceptors (Lipinski definition) is 2. The Morgan fingerprint density at radius 1 is 1.62 bits per heavy atom. The second kappa shape index (κ2) is 1.45. The number of hydrogen-bond donors (Lipinski definition) is 1. The molecule has 0 spiro atoms. The number of rotatable bonds is 0. The predicted molar refractivity (Wildman–Crippen MR) is 32.3 cm³/mol. The van der Waals surface area contributed by atoms with Crippen molar-refractivity contribution in [1.82, 2.24) is 10.2 Å². The molecule has 1 radical (unpaired) electrons. The van der Waals surface area contributed by atoms with Gasteiger partial charge in [0.15, 0.2) is 0 Å². The van der Waals surface area contributed by atoms with Crippen LogP contribution < -0.4 is 5.32 Å². The molecule has 1 N–H and O–H groups in total. The van der Waals surface area contributed by atoms with Gasteiger partial charge in [-0.05, 0) is 6.42 Å². The molecule has 0 amide bonds. The van der Waals surface area contributed by atoms with Crippen LogP contribution in [0.15, 0.2) is 0 Å². The van der Waals surface area contributed by atoms with Crippen molar-refractivity contribution in [2.24, 2.45) is 0 Å². The maximum Gasteiger partial charge on any atom is 0.0237 e. The predicted octanol–water partition coefficient (Wildman–Crippen LogP) is -0.176. The molecule has 0 unspecified atom stereocenters. The molecular weight excluding hydrogens is 100 g/mol. The van der Waals surface area contributed by atoms with Gasteiger partial charge in [0.05, 0.1) is 0 Å². The van der Waals surface area contributed by atoms with Crippen LogP contribution in [0.2, 0.25) is 0 Å². The van der Waals surface area contributed by atoms with Gasteiger partial charge in [-0.25, -0.2) is 0 Å². The van der Waals surface area contributed by atoms with E-state index in [9.17, 15) is 0 Å². The summed E-state index contributed by atoms with van der Waals surface area (Å²) in [5.41, 5.74) is 0. The van der Waals surface area contributed by atoms with E-state index < -0.39 is 0 Å². The number of nitrogens with zero attached hydrogens (tertiary/aromatic N) is 1. The molecule has 0 aromatic heterocycles. The smallest absolute Gasteiger partial charge is 0.0237 e. The molecule has 2 rings (SSSR count). The first-order valence-corrected chi connectivity index (χ1v) is 3.17. The fourth-order valence-corrected chi connectivity index (χ4v) is 1.65. The molecule has 2 heteroatoms. The zero-order valence-electron chi connectivity index (χ0n) is 4.93. The number of fused-ring (bicyclic) bond motifs is 2. The molecule has 0 aromatic carbocycles. The van der Waals surface area contributed by atoms with Crippen LogP contribution in [0.25, 0.3) is 0 Å². The van der Waals surface area contributed by atoms with Gasteiger partial charge in [0.2, 0.25) is 0 Å². The lowest BCUT2D eigenvalue weighted by atomic mass is 10.2. The summed E-state index contributed by atoms with van der Waals surface area (Å²) in [6.07, 6.45) is 1.32. The molecule has 2 aliphatic heterocycles. The maximum atomic E-state index is 3.91. The molecule has 2 saturated heterocycles. The Morgan fingerprint density at radius 2 is 2.50 bits per heavy atom. The molecule has 2 heterocycles. The van der Waals surface area contributed by atoms with E-state index in [1.807, 2.05) is 0 Å². The summed E-state index contributed by atoms with van der Waals surface area (Å²) in [6.45, 7) is 2.32. The SMILES string of the molecule is [CH2]N1C[C@@H]2C[C@H]1CN2. The molecule has 0 aliphatic carbocycles. The molecule has 0 aromatic rings. The van der Waals surface area contributed by atoms with Crippen molar-refractivity contribution in [3.63, 3.8) is 0 Å². The summed E-state index contributed by atoms with van der Waals surface area (Å²) in [7, 11) is 3.91. The van der Waals surface area contributed by atoms with Crippen molar-refractivity contribution in [2.45, 2.75) is 18.5 Å². The second-order valence-electron chi connectivity index (χ2n) is 2.77. The van der Waals surface area contributed by atoms with Crippen molar-refractivity contribution in [1.29, 1.82) is 0 Å². The summed E-state index contributed by atoms with van der Waals surface area (Å²) in [5.74, 6) is 0. The molecule has 2 atom stereocenters. The van der Waals surface area contributed by atoms with Gasteiger partial charge in [0.1, 0.15) is 0 Å². The van der Waals surface area contributed by atoms with E-state index in [0.717, 1.165) is 25.2 Å². The van der Waals surface area contributed by atoms with Gasteiger partial charge in [-0.3, -0.25) is 4.90 Å². The Morgan fingerprint density at radius 3 is 2.75 bits per heavy atom. The molecule has 2 aliphatic rings. The highest BCUT2D eigenvalue weighted by molar-refractivity contribution is 4.96. The largest absolute Gasteiger partial charge is 0.311 e. The van der Waals surface area contributed by atoms with Gasteiger partial charge < -0.3 is 5.32 Å². The third-order valence-corrected chi connectivity index (χ3v) is 2.17. The Labute approximate surface area is 49.9 Å². The monoisotopic (exact) mass is 111 g/mol. The van der Waals surface area contributed by atoms with E-state index in [2.05, 4.69) is 17.3 Å². The standard InChI is InChI=1S/C6H11N2/c1-8-4-5-2-6(8)3-7-5/h5-7H,1-4H2/t5-,6-/m0/s1. The van der Waals surface area contributed by atoms with Crippen molar-refractivity contribution < 1.29 is 0 Å². The first kappa shape index (κ1) is 4.77. The van der Waals surface area contributed by atoms with Crippen LogP contribution in [0.5, 0.6) is 0 Å². The zero-order valence-corrected chi connectivity index (χ0v) is 4.93. The van der Waals surface area contributed by atoms with E-state index in [-0.39, 0.29) is 0 Å². The average Bonchev–Trinajstić information content (AvgIpc) is 2.23. The minimum atomic E-state index is 0.750. The maximum absolute atomic E-state index is 3.91. The van der Waals surface area contributed by atoms with E-state index in [0.29, 0.717) is 0 Å². The molecule has 2 fully saturated rings. The van der Waals surface area contributed by atoms with Crippen LogP contribution >= 0.6 is 0 Å². The van der Waals surface area contributed by atoms with Crippen LogP contribution in [0.3, 0.4) is 0 Å². The third kappa shape index (κ3) is 0.501. The van der Waals surface area contributed by atoms with Crippen molar-refractivity contribution >= 4 is 0 Å². The summed E-state index contributed by atoms with van der Waals surface area (Å²) in [4.78, 5) is 2.20. The highest BCUT2D eigenvalue weighted by atomic mass is 15.3. The number of likely N-dealkylation sites (tertiary alicyclic amines) is 1. The first-order chi connectivity index (χ1) is 3.86. The van der Waals surface area contributed by atoms with Gasteiger partial charge in [0.25, 0.3) is 0 Å². The molecule has 0 saturated carbocycles. The van der Waals surface area contributed by atoms with Crippen LogP contribution in [0.1, 0.15) is 6.42 Å². The van der Waals surface area contributed by atoms with Crippen LogP contribution in [-0.2, 0) is 0 Å². The fraction of sp³-hybridized carbons (Fsp3) is 0.833. The van der Waals surface area contributed by atoms with Crippen molar-refractivity contribution in [2.75, 3.05) is 13.1 Å². The fourth-order valence-electron chi connectivity index (χ4n) is 1.65. The topological polar surface area (TPSA) is 15.3 Å². The minimum Gasteiger partial charge on any atom is -0.311 e. The lowest BCUT2D eigenvalue weighted by Gasteiger charge is -2.21. The molecular formula is C6H11N2. The van der Waals surface area contributed by atoms with Gasteiger partial charge in [-0.15, -0.1) is 0 Å². The van der Waals surface area contributed by atoms with Gasteiger partial charge in [0, 0.05) is 32.2 Å². The van der Waals surface area contributed by atoms with E-state index >= 15 is 0 Å². The lowest BCUT2D eigenvalue weighted by Crippen LogP contribution is -2.39. The van der Waals surface area contributed by atoms with Gasteiger partial charge in [-0.1, -0.05) is 0 Å². The zero-order chi connectivity index (χ0) is 5.56. The number of nitrogens with one attached hydrogen (secondary N) is 1. The van der Waals surface area contributed by atoms with Gasteiger partial charge >= 0.3 is 0 Å². The van der Waals surface area contributed by atoms with Crippen LogP contribution in [0.4, 0.5) is 0 Å².